The van der Waals surface area contributed by atoms with Crippen LogP contribution in [0.1, 0.15) is 24.0 Å². The first-order valence-corrected chi connectivity index (χ1v) is 6.25. The van der Waals surface area contributed by atoms with Crippen molar-refractivity contribution >= 4 is 12.0 Å². The van der Waals surface area contributed by atoms with E-state index in [2.05, 4.69) is 6.08 Å². The number of benzene rings is 1. The van der Waals surface area contributed by atoms with Crippen LogP contribution < -0.4 is 9.47 Å². The van der Waals surface area contributed by atoms with Crippen molar-refractivity contribution in [2.45, 2.75) is 19.3 Å². The standard InChI is InChI=1S/C14H13NO3/c16-14-2-1-11-5-10-7-13-12(17-8-18-13)6-9(10)3-4-15(11)14/h5-7H,1-4,8H2. The minimum absolute atomic E-state index is 0.245. The number of amides is 1. The Morgan fingerprint density at radius 2 is 1.89 bits per heavy atom. The molecule has 0 saturated carbocycles. The minimum Gasteiger partial charge on any atom is -0.454 e. The Morgan fingerprint density at radius 1 is 1.06 bits per heavy atom. The summed E-state index contributed by atoms with van der Waals surface area (Å²) >= 11 is 0. The molecule has 4 rings (SSSR count). The summed E-state index contributed by atoms with van der Waals surface area (Å²) in [6.07, 6.45) is 4.49. The van der Waals surface area contributed by atoms with Crippen molar-refractivity contribution in [3.05, 3.63) is 29.0 Å². The van der Waals surface area contributed by atoms with Gasteiger partial charge < -0.3 is 14.4 Å². The first-order chi connectivity index (χ1) is 8.81. The van der Waals surface area contributed by atoms with Crippen molar-refractivity contribution in [3.8, 4) is 11.5 Å². The molecule has 1 aromatic carbocycles. The Morgan fingerprint density at radius 3 is 2.78 bits per heavy atom. The van der Waals surface area contributed by atoms with Crippen molar-refractivity contribution in [1.29, 1.82) is 0 Å². The smallest absolute Gasteiger partial charge is 0.231 e. The van der Waals surface area contributed by atoms with Crippen molar-refractivity contribution in [2.75, 3.05) is 13.3 Å². The average Bonchev–Trinajstić information content (AvgIpc) is 2.89. The Hall–Kier alpha value is -1.97. The monoisotopic (exact) mass is 243 g/mol. The van der Waals surface area contributed by atoms with Crippen molar-refractivity contribution in [2.24, 2.45) is 0 Å². The van der Waals surface area contributed by atoms with Crippen LogP contribution in [0, 0.1) is 0 Å². The molecule has 0 N–H and O–H groups in total. The van der Waals surface area contributed by atoms with Crippen LogP contribution in [0.4, 0.5) is 0 Å². The van der Waals surface area contributed by atoms with Gasteiger partial charge in [0.15, 0.2) is 11.5 Å². The van der Waals surface area contributed by atoms with Gasteiger partial charge in [-0.15, -0.1) is 0 Å². The summed E-state index contributed by atoms with van der Waals surface area (Å²) in [5.41, 5.74) is 3.53. The molecule has 1 aromatic rings. The van der Waals surface area contributed by atoms with Gasteiger partial charge in [0.05, 0.1) is 0 Å². The van der Waals surface area contributed by atoms with Gasteiger partial charge in [-0.05, 0) is 42.2 Å². The molecule has 1 amide bonds. The van der Waals surface area contributed by atoms with E-state index in [4.69, 9.17) is 9.47 Å². The van der Waals surface area contributed by atoms with Crippen LogP contribution in [-0.2, 0) is 11.2 Å². The van der Waals surface area contributed by atoms with Crippen LogP contribution in [0.3, 0.4) is 0 Å². The lowest BCUT2D eigenvalue weighted by Gasteiger charge is -2.15. The van der Waals surface area contributed by atoms with Crippen LogP contribution in [0.25, 0.3) is 6.08 Å². The van der Waals surface area contributed by atoms with Gasteiger partial charge in [-0.3, -0.25) is 4.79 Å². The lowest BCUT2D eigenvalue weighted by atomic mass is 10.0. The summed E-state index contributed by atoms with van der Waals surface area (Å²) in [4.78, 5) is 13.7. The quantitative estimate of drug-likeness (QED) is 0.699. The second kappa shape index (κ2) is 3.51. The molecule has 4 heteroatoms. The van der Waals surface area contributed by atoms with Gasteiger partial charge in [-0.2, -0.15) is 0 Å². The van der Waals surface area contributed by atoms with Crippen LogP contribution in [-0.4, -0.2) is 24.1 Å². The van der Waals surface area contributed by atoms with Gasteiger partial charge in [0, 0.05) is 18.7 Å². The molecule has 18 heavy (non-hydrogen) atoms. The predicted molar refractivity (Wildman–Crippen MR) is 65.2 cm³/mol. The zero-order valence-corrected chi connectivity index (χ0v) is 9.94. The molecular weight excluding hydrogens is 230 g/mol. The lowest BCUT2D eigenvalue weighted by Crippen LogP contribution is -2.24. The van der Waals surface area contributed by atoms with E-state index in [1.165, 1.54) is 5.56 Å². The predicted octanol–water partition coefficient (Wildman–Crippen LogP) is 1.93. The maximum absolute atomic E-state index is 11.7. The van der Waals surface area contributed by atoms with E-state index in [0.717, 1.165) is 42.1 Å². The number of hydrogen-bond acceptors (Lipinski definition) is 3. The van der Waals surface area contributed by atoms with Crippen molar-refractivity contribution in [3.63, 3.8) is 0 Å². The molecule has 0 bridgehead atoms. The third kappa shape index (κ3) is 1.35. The zero-order chi connectivity index (χ0) is 12.1. The number of carbonyl (C=O) groups is 1. The zero-order valence-electron chi connectivity index (χ0n) is 9.94. The molecule has 0 spiro atoms. The van der Waals surface area contributed by atoms with E-state index >= 15 is 0 Å². The highest BCUT2D eigenvalue weighted by Gasteiger charge is 2.28. The molecule has 3 aliphatic heterocycles. The summed E-state index contributed by atoms with van der Waals surface area (Å²) in [5, 5.41) is 0. The van der Waals surface area contributed by atoms with Crippen LogP contribution in [0.5, 0.6) is 11.5 Å². The summed E-state index contributed by atoms with van der Waals surface area (Å²) < 4.78 is 10.8. The van der Waals surface area contributed by atoms with E-state index in [1.54, 1.807) is 0 Å². The topological polar surface area (TPSA) is 38.8 Å². The highest BCUT2D eigenvalue weighted by Crippen LogP contribution is 2.38. The van der Waals surface area contributed by atoms with E-state index in [1.807, 2.05) is 17.0 Å². The molecule has 0 atom stereocenters. The number of ether oxygens (including phenoxy) is 2. The Bertz CT molecular complexity index is 577. The van der Waals surface area contributed by atoms with Gasteiger partial charge in [0.1, 0.15) is 0 Å². The molecule has 0 aliphatic carbocycles. The third-order valence-electron chi connectivity index (χ3n) is 3.80. The molecule has 0 radical (unpaired) electrons. The van der Waals surface area contributed by atoms with Crippen LogP contribution in [0.2, 0.25) is 0 Å². The van der Waals surface area contributed by atoms with E-state index in [9.17, 15) is 4.79 Å². The number of fused-ring (bicyclic) bond motifs is 3. The number of carbonyl (C=O) groups excluding carboxylic acids is 1. The normalized spacial score (nSPS) is 20.3. The number of hydrogen-bond donors (Lipinski definition) is 0. The number of rotatable bonds is 0. The minimum atomic E-state index is 0.245. The Labute approximate surface area is 105 Å². The fourth-order valence-corrected chi connectivity index (χ4v) is 2.85. The SMILES string of the molecule is O=C1CCC2=Cc3cc4c(cc3CCN12)OCO4. The largest absolute Gasteiger partial charge is 0.454 e. The molecule has 3 heterocycles. The number of nitrogens with zero attached hydrogens (tertiary/aromatic N) is 1. The van der Waals surface area contributed by atoms with Gasteiger partial charge in [0.2, 0.25) is 12.7 Å². The Balaban J connectivity index is 1.82. The second-order valence-electron chi connectivity index (χ2n) is 4.84. The summed E-state index contributed by atoms with van der Waals surface area (Å²) in [6.45, 7) is 1.08. The van der Waals surface area contributed by atoms with Gasteiger partial charge >= 0.3 is 0 Å². The highest BCUT2D eigenvalue weighted by atomic mass is 16.7. The second-order valence-corrected chi connectivity index (χ2v) is 4.84. The van der Waals surface area contributed by atoms with E-state index < -0.39 is 0 Å². The van der Waals surface area contributed by atoms with E-state index in [-0.39, 0.29) is 5.91 Å². The fourth-order valence-electron chi connectivity index (χ4n) is 2.85. The molecular formula is C14H13NO3. The third-order valence-corrected chi connectivity index (χ3v) is 3.80. The average molecular weight is 243 g/mol. The van der Waals surface area contributed by atoms with E-state index in [0.29, 0.717) is 13.2 Å². The molecule has 1 fully saturated rings. The first kappa shape index (κ1) is 10.00. The fraction of sp³-hybridized carbons (Fsp3) is 0.357. The van der Waals surface area contributed by atoms with Gasteiger partial charge in [0.25, 0.3) is 0 Å². The van der Waals surface area contributed by atoms with Crippen molar-refractivity contribution < 1.29 is 14.3 Å². The van der Waals surface area contributed by atoms with Crippen LogP contribution in [0.15, 0.2) is 17.8 Å². The number of allylic oxidation sites excluding steroid dienone is 1. The molecule has 0 aromatic heterocycles. The molecule has 4 nitrogen and oxygen atoms in total. The van der Waals surface area contributed by atoms with Gasteiger partial charge in [-0.25, -0.2) is 0 Å². The van der Waals surface area contributed by atoms with Crippen LogP contribution >= 0.6 is 0 Å². The summed E-state index contributed by atoms with van der Waals surface area (Å²) in [6, 6.07) is 4.07. The Kier molecular flexibility index (Phi) is 1.95. The summed E-state index contributed by atoms with van der Waals surface area (Å²) in [5.74, 6) is 1.87. The molecule has 92 valence electrons. The van der Waals surface area contributed by atoms with Crippen molar-refractivity contribution in [1.82, 2.24) is 4.90 Å². The summed E-state index contributed by atoms with van der Waals surface area (Å²) in [7, 11) is 0. The molecule has 0 unspecified atom stereocenters. The molecule has 3 aliphatic rings. The molecule has 1 saturated heterocycles. The maximum atomic E-state index is 11.7. The highest BCUT2D eigenvalue weighted by molar-refractivity contribution is 5.84. The first-order valence-electron chi connectivity index (χ1n) is 6.25. The lowest BCUT2D eigenvalue weighted by molar-refractivity contribution is -0.126. The maximum Gasteiger partial charge on any atom is 0.231 e. The van der Waals surface area contributed by atoms with Gasteiger partial charge in [-0.1, -0.05) is 0 Å².